The van der Waals surface area contributed by atoms with Crippen LogP contribution in [0.15, 0.2) is 18.2 Å². The molecule has 1 amide bonds. The molecular weight excluding hydrogens is 247 g/mol. The highest BCUT2D eigenvalue weighted by molar-refractivity contribution is 5.96. The molecule has 1 aromatic carbocycles. The van der Waals surface area contributed by atoms with Gasteiger partial charge in [-0.15, -0.1) is 0 Å². The smallest absolute Gasteiger partial charge is 0.257 e. The molecule has 1 saturated heterocycles. The van der Waals surface area contributed by atoms with Gasteiger partial charge in [0.05, 0.1) is 5.56 Å². The Labute approximate surface area is 112 Å². The van der Waals surface area contributed by atoms with E-state index in [1.807, 2.05) is 6.92 Å². The highest BCUT2D eigenvalue weighted by Crippen LogP contribution is 2.24. The number of carbonyl (C=O) groups excluding carboxylic acids is 1. The van der Waals surface area contributed by atoms with Crippen molar-refractivity contribution in [2.75, 3.05) is 13.1 Å². The predicted octanol–water partition coefficient (Wildman–Crippen LogP) is 1.73. The van der Waals surface area contributed by atoms with Crippen molar-refractivity contribution in [1.29, 1.82) is 0 Å². The van der Waals surface area contributed by atoms with Crippen LogP contribution in [0.5, 0.6) is 5.75 Å². The van der Waals surface area contributed by atoms with E-state index in [-0.39, 0.29) is 29.2 Å². The molecule has 0 aromatic heterocycles. The molecule has 2 rings (SSSR count). The number of rotatable bonds is 2. The van der Waals surface area contributed by atoms with Gasteiger partial charge in [0.2, 0.25) is 0 Å². The van der Waals surface area contributed by atoms with E-state index in [9.17, 15) is 14.3 Å². The van der Waals surface area contributed by atoms with E-state index < -0.39 is 5.82 Å². The molecule has 0 spiro atoms. The quantitative estimate of drug-likeness (QED) is 0.856. The third-order valence-electron chi connectivity index (χ3n) is 3.68. The Balaban J connectivity index is 2.15. The summed E-state index contributed by atoms with van der Waals surface area (Å²) < 4.78 is 12.9. The summed E-state index contributed by atoms with van der Waals surface area (Å²) in [5.74, 6) is -0.850. The fourth-order valence-corrected chi connectivity index (χ4v) is 2.48. The summed E-state index contributed by atoms with van der Waals surface area (Å²) in [5, 5.41) is 9.66. The zero-order chi connectivity index (χ0) is 14.0. The highest BCUT2D eigenvalue weighted by Gasteiger charge is 2.27. The number of halogens is 1. The summed E-state index contributed by atoms with van der Waals surface area (Å²) in [5.41, 5.74) is 6.03. The summed E-state index contributed by atoms with van der Waals surface area (Å²) in [6.07, 6.45) is 1.91. The van der Waals surface area contributed by atoms with Crippen LogP contribution in [0.1, 0.15) is 30.1 Å². The second kappa shape index (κ2) is 5.57. The third kappa shape index (κ3) is 3.04. The van der Waals surface area contributed by atoms with Crippen molar-refractivity contribution in [2.45, 2.75) is 25.8 Å². The van der Waals surface area contributed by atoms with Crippen molar-refractivity contribution in [3.63, 3.8) is 0 Å². The van der Waals surface area contributed by atoms with Gasteiger partial charge in [-0.2, -0.15) is 0 Å². The zero-order valence-corrected chi connectivity index (χ0v) is 11.0. The number of aromatic hydroxyl groups is 1. The fraction of sp³-hybridized carbons (Fsp3) is 0.500. The number of benzene rings is 1. The molecule has 1 aromatic rings. The minimum atomic E-state index is -0.554. The number of nitrogens with two attached hydrogens (primary N) is 1. The van der Waals surface area contributed by atoms with Gasteiger partial charge in [-0.3, -0.25) is 4.79 Å². The van der Waals surface area contributed by atoms with Crippen molar-refractivity contribution in [2.24, 2.45) is 11.7 Å². The molecule has 3 N–H and O–H groups in total. The van der Waals surface area contributed by atoms with Crippen molar-refractivity contribution in [1.82, 2.24) is 4.90 Å². The number of hydrogen-bond acceptors (Lipinski definition) is 3. The average Bonchev–Trinajstić information content (AvgIpc) is 2.38. The van der Waals surface area contributed by atoms with E-state index in [0.717, 1.165) is 18.9 Å². The van der Waals surface area contributed by atoms with Crippen LogP contribution in [-0.2, 0) is 0 Å². The van der Waals surface area contributed by atoms with Crippen LogP contribution < -0.4 is 5.73 Å². The van der Waals surface area contributed by atoms with Gasteiger partial charge < -0.3 is 15.7 Å². The van der Waals surface area contributed by atoms with Crippen LogP contribution in [-0.4, -0.2) is 35.0 Å². The molecule has 1 fully saturated rings. The molecule has 2 atom stereocenters. The Bertz CT molecular complexity index is 477. The van der Waals surface area contributed by atoms with Crippen LogP contribution in [0.3, 0.4) is 0 Å². The third-order valence-corrected chi connectivity index (χ3v) is 3.68. The van der Waals surface area contributed by atoms with Crippen LogP contribution in [0.25, 0.3) is 0 Å². The number of piperidine rings is 1. The molecule has 0 bridgehead atoms. The van der Waals surface area contributed by atoms with Crippen molar-refractivity contribution in [3.8, 4) is 5.75 Å². The van der Waals surface area contributed by atoms with Gasteiger partial charge in [0, 0.05) is 25.2 Å². The molecule has 1 heterocycles. The Morgan fingerprint density at radius 3 is 2.95 bits per heavy atom. The number of likely N-dealkylation sites (tertiary alicyclic amines) is 1. The standard InChI is InChI=1S/C14H19FN2O2/c1-9(16)10-3-2-6-17(8-10)14(19)12-5-4-11(15)7-13(12)18/h4-5,7,9-10,18H,2-3,6,8,16H2,1H3. The Morgan fingerprint density at radius 2 is 2.32 bits per heavy atom. The fourth-order valence-electron chi connectivity index (χ4n) is 2.48. The lowest BCUT2D eigenvalue weighted by Gasteiger charge is -2.34. The van der Waals surface area contributed by atoms with E-state index in [1.54, 1.807) is 4.90 Å². The second-order valence-electron chi connectivity index (χ2n) is 5.17. The molecule has 5 heteroatoms. The first-order chi connectivity index (χ1) is 8.99. The van der Waals surface area contributed by atoms with Crippen LogP contribution in [0.4, 0.5) is 4.39 Å². The second-order valence-corrected chi connectivity index (χ2v) is 5.17. The van der Waals surface area contributed by atoms with E-state index >= 15 is 0 Å². The van der Waals surface area contributed by atoms with E-state index in [4.69, 9.17) is 5.73 Å². The minimum Gasteiger partial charge on any atom is -0.507 e. The Morgan fingerprint density at radius 1 is 1.58 bits per heavy atom. The summed E-state index contributed by atoms with van der Waals surface area (Å²) in [7, 11) is 0. The largest absolute Gasteiger partial charge is 0.507 e. The maximum Gasteiger partial charge on any atom is 0.257 e. The van der Waals surface area contributed by atoms with Crippen molar-refractivity contribution < 1.29 is 14.3 Å². The van der Waals surface area contributed by atoms with Gasteiger partial charge in [0.1, 0.15) is 11.6 Å². The lowest BCUT2D eigenvalue weighted by atomic mass is 9.92. The van der Waals surface area contributed by atoms with Crippen LogP contribution in [0, 0.1) is 11.7 Å². The molecule has 1 aliphatic heterocycles. The molecule has 19 heavy (non-hydrogen) atoms. The van der Waals surface area contributed by atoms with Gasteiger partial charge in [-0.05, 0) is 37.8 Å². The van der Waals surface area contributed by atoms with E-state index in [0.29, 0.717) is 13.1 Å². The van der Waals surface area contributed by atoms with Gasteiger partial charge >= 0.3 is 0 Å². The summed E-state index contributed by atoms with van der Waals surface area (Å²) in [6, 6.07) is 3.50. The molecule has 1 aliphatic rings. The number of hydrogen-bond donors (Lipinski definition) is 2. The molecule has 0 saturated carbocycles. The Kier molecular flexibility index (Phi) is 4.04. The average molecular weight is 266 g/mol. The van der Waals surface area contributed by atoms with Crippen molar-refractivity contribution in [3.05, 3.63) is 29.6 Å². The van der Waals surface area contributed by atoms with Gasteiger partial charge in [-0.25, -0.2) is 4.39 Å². The number of nitrogens with zero attached hydrogens (tertiary/aromatic N) is 1. The molecule has 0 radical (unpaired) electrons. The van der Waals surface area contributed by atoms with Crippen LogP contribution in [0.2, 0.25) is 0 Å². The Hall–Kier alpha value is -1.62. The first kappa shape index (κ1) is 13.8. The normalized spacial score (nSPS) is 21.2. The summed E-state index contributed by atoms with van der Waals surface area (Å²) >= 11 is 0. The summed E-state index contributed by atoms with van der Waals surface area (Å²) in [6.45, 7) is 3.18. The monoisotopic (exact) mass is 266 g/mol. The SMILES string of the molecule is CC(N)C1CCCN(C(=O)c2ccc(F)cc2O)C1. The van der Waals surface area contributed by atoms with Gasteiger partial charge in [0.25, 0.3) is 5.91 Å². The first-order valence-electron chi connectivity index (χ1n) is 6.52. The first-order valence-corrected chi connectivity index (χ1v) is 6.52. The molecule has 104 valence electrons. The maximum absolute atomic E-state index is 12.9. The number of amides is 1. The lowest BCUT2D eigenvalue weighted by Crippen LogP contribution is -2.45. The van der Waals surface area contributed by atoms with Gasteiger partial charge in [0.15, 0.2) is 0 Å². The highest BCUT2D eigenvalue weighted by atomic mass is 19.1. The predicted molar refractivity (Wildman–Crippen MR) is 70.3 cm³/mol. The lowest BCUT2D eigenvalue weighted by molar-refractivity contribution is 0.0658. The molecular formula is C14H19FN2O2. The zero-order valence-electron chi connectivity index (χ0n) is 11.0. The van der Waals surface area contributed by atoms with Crippen molar-refractivity contribution >= 4 is 5.91 Å². The maximum atomic E-state index is 12.9. The number of phenols is 1. The number of carbonyl (C=O) groups is 1. The van der Waals surface area contributed by atoms with Gasteiger partial charge in [-0.1, -0.05) is 0 Å². The molecule has 2 unspecified atom stereocenters. The van der Waals surface area contributed by atoms with Crippen LogP contribution >= 0.6 is 0 Å². The molecule has 0 aliphatic carbocycles. The topological polar surface area (TPSA) is 66.6 Å². The number of phenolic OH excluding ortho intramolecular Hbond substituents is 1. The van der Waals surface area contributed by atoms with E-state index in [1.165, 1.54) is 12.1 Å². The minimum absolute atomic E-state index is 0.0393. The molecule has 4 nitrogen and oxygen atoms in total. The summed E-state index contributed by atoms with van der Waals surface area (Å²) in [4.78, 5) is 14.0. The van der Waals surface area contributed by atoms with E-state index in [2.05, 4.69) is 0 Å².